The lowest BCUT2D eigenvalue weighted by Gasteiger charge is -2.05. The summed E-state index contributed by atoms with van der Waals surface area (Å²) in [4.78, 5) is 21.6. The first-order chi connectivity index (χ1) is 8.49. The Hall–Kier alpha value is -1.69. The van der Waals surface area contributed by atoms with Gasteiger partial charge in [-0.25, -0.2) is 0 Å². The zero-order chi connectivity index (χ0) is 13.7. The summed E-state index contributed by atoms with van der Waals surface area (Å²) in [6.45, 7) is 1.88. The fourth-order valence-corrected chi connectivity index (χ4v) is 2.02. The zero-order valence-electron chi connectivity index (χ0n) is 9.47. The molecule has 6 nitrogen and oxygen atoms in total. The van der Waals surface area contributed by atoms with Crippen LogP contribution in [0.2, 0.25) is 0 Å². The fourth-order valence-electron chi connectivity index (χ4n) is 1.37. The third-order valence-corrected chi connectivity index (χ3v) is 3.02. The number of hydrogen-bond donors (Lipinski definition) is 0. The summed E-state index contributed by atoms with van der Waals surface area (Å²) in [7, 11) is 0. The van der Waals surface area contributed by atoms with Crippen molar-refractivity contribution in [1.82, 2.24) is 0 Å². The minimum Gasteiger partial charge on any atom is -0.466 e. The van der Waals surface area contributed by atoms with Gasteiger partial charge < -0.3 is 4.74 Å². The number of nitriles is 1. The van der Waals surface area contributed by atoms with Gasteiger partial charge in [0.1, 0.15) is 6.07 Å². The van der Waals surface area contributed by atoms with E-state index in [1.165, 1.54) is 12.1 Å². The van der Waals surface area contributed by atoms with Gasteiger partial charge in [0.2, 0.25) is 0 Å². The van der Waals surface area contributed by atoms with Crippen molar-refractivity contribution in [2.24, 2.45) is 0 Å². The molecule has 0 N–H and O–H groups in total. The topological polar surface area (TPSA) is 93.2 Å². The van der Waals surface area contributed by atoms with E-state index in [4.69, 9.17) is 10.00 Å². The van der Waals surface area contributed by atoms with Crippen molar-refractivity contribution >= 4 is 34.2 Å². The van der Waals surface area contributed by atoms with Gasteiger partial charge in [0, 0.05) is 15.2 Å². The number of benzene rings is 1. The molecule has 94 valence electrons. The van der Waals surface area contributed by atoms with Crippen LogP contribution in [0.25, 0.3) is 0 Å². The number of nitro benzene ring substituents is 1. The number of nitro groups is 1. The van der Waals surface area contributed by atoms with E-state index in [0.717, 1.165) is 0 Å². The van der Waals surface area contributed by atoms with Gasteiger partial charge in [0.25, 0.3) is 5.69 Å². The Morgan fingerprint density at radius 2 is 2.28 bits per heavy atom. The lowest BCUT2D eigenvalue weighted by atomic mass is 10.1. The molecular formula is C11H9IN2O4. The Morgan fingerprint density at radius 3 is 2.78 bits per heavy atom. The number of nitrogens with zero attached hydrogens (tertiary/aromatic N) is 2. The Bertz CT molecular complexity index is 537. The van der Waals surface area contributed by atoms with E-state index in [-0.39, 0.29) is 29.8 Å². The summed E-state index contributed by atoms with van der Waals surface area (Å²) < 4.78 is 5.32. The second-order valence-electron chi connectivity index (χ2n) is 3.31. The molecule has 0 unspecified atom stereocenters. The molecule has 0 aliphatic heterocycles. The SMILES string of the molecule is CCOC(=O)Cc1cc(I)c(C#N)cc1[N+](=O)[O-]. The molecule has 0 bridgehead atoms. The largest absolute Gasteiger partial charge is 0.466 e. The Morgan fingerprint density at radius 1 is 1.61 bits per heavy atom. The van der Waals surface area contributed by atoms with Crippen LogP contribution in [-0.2, 0) is 16.0 Å². The molecular weight excluding hydrogens is 351 g/mol. The first kappa shape index (κ1) is 14.4. The molecule has 0 heterocycles. The van der Waals surface area contributed by atoms with E-state index >= 15 is 0 Å². The molecule has 0 saturated carbocycles. The molecule has 1 aromatic rings. The number of ether oxygens (including phenoxy) is 1. The average Bonchev–Trinajstić information content (AvgIpc) is 2.29. The molecule has 7 heteroatoms. The number of halogens is 1. The third kappa shape index (κ3) is 3.40. The number of rotatable bonds is 4. The molecule has 0 spiro atoms. The Kier molecular flexibility index (Phi) is 5.03. The van der Waals surface area contributed by atoms with Crippen LogP contribution < -0.4 is 0 Å². The summed E-state index contributed by atoms with van der Waals surface area (Å²) in [5.74, 6) is -0.527. The molecule has 0 atom stereocenters. The monoisotopic (exact) mass is 360 g/mol. The number of esters is 1. The molecule has 0 aliphatic carbocycles. The van der Waals surface area contributed by atoms with Crippen LogP contribution in [0.15, 0.2) is 12.1 Å². The summed E-state index contributed by atoms with van der Waals surface area (Å²) in [5, 5.41) is 19.7. The molecule has 18 heavy (non-hydrogen) atoms. The summed E-state index contributed by atoms with van der Waals surface area (Å²) >= 11 is 1.90. The maximum absolute atomic E-state index is 11.3. The first-order valence-electron chi connectivity index (χ1n) is 5.02. The van der Waals surface area contributed by atoms with Crippen LogP contribution in [0.1, 0.15) is 18.1 Å². The second kappa shape index (κ2) is 6.30. The lowest BCUT2D eigenvalue weighted by molar-refractivity contribution is -0.385. The maximum Gasteiger partial charge on any atom is 0.310 e. The van der Waals surface area contributed by atoms with Crippen molar-refractivity contribution in [2.75, 3.05) is 6.61 Å². The molecule has 0 radical (unpaired) electrons. The number of hydrogen-bond acceptors (Lipinski definition) is 5. The standard InChI is InChI=1S/C11H9IN2O4/c1-2-18-11(15)5-7-3-9(12)8(6-13)4-10(7)14(16)17/h3-4H,2,5H2,1H3. The van der Waals surface area contributed by atoms with Gasteiger partial charge in [-0.2, -0.15) is 5.26 Å². The highest BCUT2D eigenvalue weighted by Crippen LogP contribution is 2.25. The molecule has 0 aromatic heterocycles. The minimum atomic E-state index is -0.606. The van der Waals surface area contributed by atoms with E-state index in [9.17, 15) is 14.9 Å². The summed E-state index contributed by atoms with van der Waals surface area (Å²) in [6, 6.07) is 4.51. The van der Waals surface area contributed by atoms with Crippen LogP contribution >= 0.6 is 22.6 Å². The molecule has 1 aromatic carbocycles. The van der Waals surface area contributed by atoms with Crippen molar-refractivity contribution in [1.29, 1.82) is 5.26 Å². The lowest BCUT2D eigenvalue weighted by Crippen LogP contribution is -2.09. The van der Waals surface area contributed by atoms with E-state index in [2.05, 4.69) is 0 Å². The van der Waals surface area contributed by atoms with Crippen molar-refractivity contribution in [3.05, 3.63) is 36.9 Å². The van der Waals surface area contributed by atoms with Crippen LogP contribution in [0.3, 0.4) is 0 Å². The first-order valence-corrected chi connectivity index (χ1v) is 6.10. The summed E-state index contributed by atoms with van der Waals surface area (Å²) in [5.41, 5.74) is 0.233. The summed E-state index contributed by atoms with van der Waals surface area (Å²) in [6.07, 6.45) is -0.175. The molecule has 0 amide bonds. The highest BCUT2D eigenvalue weighted by atomic mass is 127. The van der Waals surface area contributed by atoms with Crippen molar-refractivity contribution in [2.45, 2.75) is 13.3 Å². The van der Waals surface area contributed by atoms with Crippen molar-refractivity contribution in [3.8, 4) is 6.07 Å². The van der Waals surface area contributed by atoms with Gasteiger partial charge in [0.05, 0.1) is 23.5 Å². The third-order valence-electron chi connectivity index (χ3n) is 2.13. The van der Waals surface area contributed by atoms with E-state index in [0.29, 0.717) is 3.57 Å². The molecule has 0 fully saturated rings. The second-order valence-corrected chi connectivity index (χ2v) is 4.47. The van der Waals surface area contributed by atoms with Gasteiger partial charge in [-0.1, -0.05) is 0 Å². The Labute approximate surface area is 117 Å². The normalized spacial score (nSPS) is 9.61. The van der Waals surface area contributed by atoms with Gasteiger partial charge in [-0.3, -0.25) is 14.9 Å². The predicted molar refractivity (Wildman–Crippen MR) is 70.9 cm³/mol. The zero-order valence-corrected chi connectivity index (χ0v) is 11.6. The van der Waals surface area contributed by atoms with Crippen LogP contribution in [0.4, 0.5) is 5.69 Å². The van der Waals surface area contributed by atoms with Crippen molar-refractivity contribution in [3.63, 3.8) is 0 Å². The van der Waals surface area contributed by atoms with Crippen LogP contribution in [0, 0.1) is 25.0 Å². The van der Waals surface area contributed by atoms with E-state index in [1.807, 2.05) is 28.7 Å². The Balaban J connectivity index is 3.18. The van der Waals surface area contributed by atoms with Gasteiger partial charge in [-0.05, 0) is 35.6 Å². The minimum absolute atomic E-state index is 0.175. The van der Waals surface area contributed by atoms with Crippen LogP contribution in [-0.4, -0.2) is 17.5 Å². The molecule has 0 aliphatic rings. The average molecular weight is 360 g/mol. The quantitative estimate of drug-likeness (QED) is 0.355. The highest BCUT2D eigenvalue weighted by molar-refractivity contribution is 14.1. The van der Waals surface area contributed by atoms with Crippen LogP contribution in [0.5, 0.6) is 0 Å². The van der Waals surface area contributed by atoms with E-state index < -0.39 is 10.9 Å². The van der Waals surface area contributed by atoms with Gasteiger partial charge in [0.15, 0.2) is 0 Å². The highest BCUT2D eigenvalue weighted by Gasteiger charge is 2.20. The molecule has 0 saturated heterocycles. The molecule has 1 rings (SSSR count). The van der Waals surface area contributed by atoms with Gasteiger partial charge >= 0.3 is 5.97 Å². The van der Waals surface area contributed by atoms with Gasteiger partial charge in [-0.15, -0.1) is 0 Å². The number of carbonyl (C=O) groups excluding carboxylic acids is 1. The number of carbonyl (C=O) groups is 1. The van der Waals surface area contributed by atoms with E-state index in [1.54, 1.807) is 6.92 Å². The smallest absolute Gasteiger partial charge is 0.310 e. The maximum atomic E-state index is 11.3. The fraction of sp³-hybridized carbons (Fsp3) is 0.273. The predicted octanol–water partition coefficient (Wildman–Crippen LogP) is 2.18. The van der Waals surface area contributed by atoms with Crippen molar-refractivity contribution < 1.29 is 14.5 Å².